The lowest BCUT2D eigenvalue weighted by atomic mass is 9.69. The van der Waals surface area contributed by atoms with E-state index in [2.05, 4.69) is 6.92 Å². The maximum atomic E-state index is 14.0. The van der Waals surface area contributed by atoms with E-state index in [9.17, 15) is 8.78 Å². The smallest absolute Gasteiger partial charge is 0.201 e. The van der Waals surface area contributed by atoms with Gasteiger partial charge in [0, 0.05) is 0 Å². The third-order valence-electron chi connectivity index (χ3n) is 7.56. The molecule has 2 aliphatic rings. The summed E-state index contributed by atoms with van der Waals surface area (Å²) < 4.78 is 33.3. The topological polar surface area (TPSA) is 33.0 Å². The van der Waals surface area contributed by atoms with Crippen molar-refractivity contribution >= 4 is 0 Å². The van der Waals surface area contributed by atoms with Gasteiger partial charge in [0.05, 0.1) is 12.2 Å². The minimum absolute atomic E-state index is 0.0779. The Morgan fingerprint density at radius 1 is 0.867 bits per heavy atom. The number of ether oxygens (including phenoxy) is 1. The summed E-state index contributed by atoms with van der Waals surface area (Å²) >= 11 is 0. The molecule has 2 aliphatic carbocycles. The number of rotatable bonds is 9. The van der Waals surface area contributed by atoms with Crippen LogP contribution in [0.3, 0.4) is 0 Å². The fourth-order valence-electron chi connectivity index (χ4n) is 5.57. The van der Waals surface area contributed by atoms with Gasteiger partial charge in [0.2, 0.25) is 5.82 Å². The molecule has 0 saturated heterocycles. The summed E-state index contributed by atoms with van der Waals surface area (Å²) in [5, 5.41) is 8.77. The second kappa shape index (κ2) is 11.7. The fourth-order valence-corrected chi connectivity index (χ4v) is 5.57. The number of halogens is 2. The van der Waals surface area contributed by atoms with Gasteiger partial charge in [-0.25, -0.2) is 4.39 Å². The van der Waals surface area contributed by atoms with Crippen molar-refractivity contribution in [2.24, 2.45) is 23.7 Å². The van der Waals surface area contributed by atoms with E-state index in [-0.39, 0.29) is 11.3 Å². The van der Waals surface area contributed by atoms with Crippen LogP contribution in [0.15, 0.2) is 12.1 Å². The first-order valence-corrected chi connectivity index (χ1v) is 12.1. The molecule has 4 heteroatoms. The number of unbranched alkanes of at least 4 members (excludes halogenated alkanes) is 3. The fraction of sp³-hybridized carbons (Fsp3) is 0.731. The minimum Gasteiger partial charge on any atom is -0.490 e. The van der Waals surface area contributed by atoms with Gasteiger partial charge in [-0.1, -0.05) is 51.9 Å². The predicted molar refractivity (Wildman–Crippen MR) is 116 cm³/mol. The molecule has 30 heavy (non-hydrogen) atoms. The molecule has 0 unspecified atom stereocenters. The second-order valence-corrected chi connectivity index (χ2v) is 9.57. The van der Waals surface area contributed by atoms with E-state index in [1.54, 1.807) is 6.07 Å². The summed E-state index contributed by atoms with van der Waals surface area (Å²) in [7, 11) is 0. The molecular formula is C26H37F2NO. The number of nitrogens with zero attached hydrogens (tertiary/aromatic N) is 1. The van der Waals surface area contributed by atoms with E-state index in [4.69, 9.17) is 10.00 Å². The Hall–Kier alpha value is -1.63. The second-order valence-electron chi connectivity index (χ2n) is 9.57. The highest BCUT2D eigenvalue weighted by molar-refractivity contribution is 5.37. The zero-order valence-electron chi connectivity index (χ0n) is 18.5. The Morgan fingerprint density at radius 2 is 1.50 bits per heavy atom. The molecule has 0 aromatic heterocycles. The Morgan fingerprint density at radius 3 is 2.10 bits per heavy atom. The van der Waals surface area contributed by atoms with Crippen LogP contribution in [-0.2, 0) is 0 Å². The predicted octanol–water partition coefficient (Wildman–Crippen LogP) is 7.80. The maximum absolute atomic E-state index is 14.0. The molecule has 2 fully saturated rings. The number of hydrogen-bond acceptors (Lipinski definition) is 2. The summed E-state index contributed by atoms with van der Waals surface area (Å²) in [6.45, 7) is 2.71. The highest BCUT2D eigenvalue weighted by Gasteiger charge is 2.31. The first-order chi connectivity index (χ1) is 14.6. The van der Waals surface area contributed by atoms with Crippen LogP contribution in [0.4, 0.5) is 8.78 Å². The molecule has 3 rings (SSSR count). The SMILES string of the molecule is CCCCCCC1CCC(C2CCC(COc3ccc(C#N)c(F)c3F)CC2)CC1. The van der Waals surface area contributed by atoms with Crippen LogP contribution in [0.25, 0.3) is 0 Å². The normalized spacial score (nSPS) is 26.9. The van der Waals surface area contributed by atoms with Gasteiger partial charge in [0.1, 0.15) is 6.07 Å². The standard InChI is InChI=1S/C26H37F2NO/c1-2-3-4-5-6-19-7-11-21(12-8-19)22-13-9-20(10-14-22)18-30-24-16-15-23(17-29)25(27)26(24)28/h15-16,19-22H,2-14,18H2,1H3. The number of hydrogen-bond donors (Lipinski definition) is 0. The summed E-state index contributed by atoms with van der Waals surface area (Å²) in [5.74, 6) is 0.870. The maximum Gasteiger partial charge on any atom is 0.201 e. The lowest BCUT2D eigenvalue weighted by Crippen LogP contribution is -2.27. The molecule has 1 aromatic rings. The van der Waals surface area contributed by atoms with Crippen LogP contribution in [0.2, 0.25) is 0 Å². The minimum atomic E-state index is -1.11. The molecule has 0 N–H and O–H groups in total. The highest BCUT2D eigenvalue weighted by Crippen LogP contribution is 2.42. The van der Waals surface area contributed by atoms with E-state index >= 15 is 0 Å². The Labute approximate surface area is 181 Å². The van der Waals surface area contributed by atoms with Gasteiger partial charge < -0.3 is 4.74 Å². The van der Waals surface area contributed by atoms with Crippen LogP contribution in [0, 0.1) is 46.6 Å². The van der Waals surface area contributed by atoms with Crippen molar-refractivity contribution in [2.75, 3.05) is 6.61 Å². The molecule has 0 bridgehead atoms. The molecule has 0 radical (unpaired) electrons. The quantitative estimate of drug-likeness (QED) is 0.384. The Balaban J connectivity index is 1.36. The molecule has 0 aliphatic heterocycles. The van der Waals surface area contributed by atoms with Gasteiger partial charge in [-0.15, -0.1) is 0 Å². The molecule has 0 spiro atoms. The van der Waals surface area contributed by atoms with Crippen molar-refractivity contribution in [2.45, 2.75) is 90.4 Å². The first kappa shape index (κ1) is 23.0. The zero-order valence-corrected chi connectivity index (χ0v) is 18.5. The summed E-state index contributed by atoms with van der Waals surface area (Å²) in [5.41, 5.74) is -0.281. The van der Waals surface area contributed by atoms with Crippen molar-refractivity contribution in [3.8, 4) is 11.8 Å². The monoisotopic (exact) mass is 417 g/mol. The number of benzene rings is 1. The van der Waals surface area contributed by atoms with Crippen molar-refractivity contribution in [1.29, 1.82) is 5.26 Å². The molecule has 166 valence electrons. The van der Waals surface area contributed by atoms with Gasteiger partial charge >= 0.3 is 0 Å². The van der Waals surface area contributed by atoms with Gasteiger partial charge in [0.15, 0.2) is 11.6 Å². The first-order valence-electron chi connectivity index (χ1n) is 12.1. The van der Waals surface area contributed by atoms with Gasteiger partial charge in [-0.3, -0.25) is 0 Å². The van der Waals surface area contributed by atoms with Crippen molar-refractivity contribution < 1.29 is 13.5 Å². The molecule has 2 saturated carbocycles. The Kier molecular flexibility index (Phi) is 8.97. The summed E-state index contributed by atoms with van der Waals surface area (Å²) in [6, 6.07) is 4.30. The van der Waals surface area contributed by atoms with Crippen molar-refractivity contribution in [1.82, 2.24) is 0 Å². The molecule has 0 atom stereocenters. The number of nitriles is 1. The van der Waals surface area contributed by atoms with Gasteiger partial charge in [-0.05, 0) is 74.3 Å². The molecule has 0 amide bonds. The van der Waals surface area contributed by atoms with Crippen molar-refractivity contribution in [3.05, 3.63) is 29.3 Å². The highest BCUT2D eigenvalue weighted by atomic mass is 19.2. The van der Waals surface area contributed by atoms with Crippen LogP contribution >= 0.6 is 0 Å². The molecule has 0 heterocycles. The van der Waals surface area contributed by atoms with E-state index in [0.29, 0.717) is 12.5 Å². The van der Waals surface area contributed by atoms with Gasteiger partial charge in [0.25, 0.3) is 0 Å². The summed E-state index contributed by atoms with van der Waals surface area (Å²) in [4.78, 5) is 0. The van der Waals surface area contributed by atoms with E-state index < -0.39 is 11.6 Å². The average Bonchev–Trinajstić information content (AvgIpc) is 2.79. The zero-order chi connectivity index (χ0) is 21.3. The van der Waals surface area contributed by atoms with Crippen LogP contribution in [0.1, 0.15) is 96.0 Å². The summed E-state index contributed by atoms with van der Waals surface area (Å²) in [6.07, 6.45) is 17.3. The van der Waals surface area contributed by atoms with Gasteiger partial charge in [-0.2, -0.15) is 9.65 Å². The molecular weight excluding hydrogens is 380 g/mol. The van der Waals surface area contributed by atoms with E-state index in [1.807, 2.05) is 0 Å². The molecule has 2 nitrogen and oxygen atoms in total. The van der Waals surface area contributed by atoms with Crippen LogP contribution in [0.5, 0.6) is 5.75 Å². The lowest BCUT2D eigenvalue weighted by Gasteiger charge is -2.38. The van der Waals surface area contributed by atoms with E-state index in [1.165, 1.54) is 82.8 Å². The lowest BCUT2D eigenvalue weighted by molar-refractivity contribution is 0.120. The third kappa shape index (κ3) is 6.19. The van der Waals surface area contributed by atoms with Crippen LogP contribution < -0.4 is 4.74 Å². The third-order valence-corrected chi connectivity index (χ3v) is 7.56. The molecule has 1 aromatic carbocycles. The van der Waals surface area contributed by atoms with Crippen LogP contribution in [-0.4, -0.2) is 6.61 Å². The van der Waals surface area contributed by atoms with E-state index in [0.717, 1.165) is 30.6 Å². The van der Waals surface area contributed by atoms with Crippen molar-refractivity contribution in [3.63, 3.8) is 0 Å². The largest absolute Gasteiger partial charge is 0.490 e. The Bertz CT molecular complexity index is 698. The average molecular weight is 418 g/mol.